The Hall–Kier alpha value is -2.14. The van der Waals surface area contributed by atoms with Crippen LogP contribution in [0.15, 0.2) is 48.5 Å². The van der Waals surface area contributed by atoms with Gasteiger partial charge in [0.05, 0.1) is 10.9 Å². The Morgan fingerprint density at radius 1 is 0.950 bits per heavy atom. The predicted octanol–water partition coefficient (Wildman–Crippen LogP) is 3.39. The Bertz CT molecular complexity index is 621. The molecule has 0 bridgehead atoms. The molecule has 0 spiro atoms. The third kappa shape index (κ3) is 3.45. The van der Waals surface area contributed by atoms with Crippen molar-refractivity contribution in [3.8, 4) is 11.1 Å². The second-order valence-electron chi connectivity index (χ2n) is 4.14. The second-order valence-corrected chi connectivity index (χ2v) is 4.70. The third-order valence-electron chi connectivity index (χ3n) is 2.76. The number of aromatic carboxylic acids is 1. The number of carbonyl (C=O) groups is 2. The van der Waals surface area contributed by atoms with Gasteiger partial charge in [0, 0.05) is 5.69 Å². The lowest BCUT2D eigenvalue weighted by Gasteiger charge is -2.06. The number of hydrogen-bond acceptors (Lipinski definition) is 2. The van der Waals surface area contributed by atoms with E-state index in [9.17, 15) is 9.59 Å². The van der Waals surface area contributed by atoms with E-state index in [4.69, 9.17) is 5.11 Å². The molecule has 2 rings (SSSR count). The SMILES string of the molecule is O=C(CBr)Nc1ccc(-c2ccc(C(=O)O)cc2)cc1. The van der Waals surface area contributed by atoms with Gasteiger partial charge in [-0.15, -0.1) is 0 Å². The first-order chi connectivity index (χ1) is 9.60. The fraction of sp³-hybridized carbons (Fsp3) is 0.0667. The zero-order valence-electron chi connectivity index (χ0n) is 10.5. The maximum atomic E-state index is 11.2. The van der Waals surface area contributed by atoms with Crippen LogP contribution in [0.3, 0.4) is 0 Å². The highest BCUT2D eigenvalue weighted by atomic mass is 79.9. The number of benzene rings is 2. The van der Waals surface area contributed by atoms with Gasteiger partial charge in [0.2, 0.25) is 5.91 Å². The molecule has 20 heavy (non-hydrogen) atoms. The van der Waals surface area contributed by atoms with E-state index >= 15 is 0 Å². The lowest BCUT2D eigenvalue weighted by Crippen LogP contribution is -2.11. The Balaban J connectivity index is 2.17. The van der Waals surface area contributed by atoms with Crippen LogP contribution >= 0.6 is 15.9 Å². The van der Waals surface area contributed by atoms with Gasteiger partial charge < -0.3 is 10.4 Å². The number of halogens is 1. The van der Waals surface area contributed by atoms with Gasteiger partial charge in [0.15, 0.2) is 0 Å². The highest BCUT2D eigenvalue weighted by Crippen LogP contribution is 2.22. The molecule has 5 heteroatoms. The summed E-state index contributed by atoms with van der Waals surface area (Å²) in [6, 6.07) is 14.0. The minimum Gasteiger partial charge on any atom is -0.478 e. The lowest BCUT2D eigenvalue weighted by molar-refractivity contribution is -0.113. The summed E-state index contributed by atoms with van der Waals surface area (Å²) in [6.45, 7) is 0. The second kappa shape index (κ2) is 6.34. The van der Waals surface area contributed by atoms with Crippen LogP contribution in [0.4, 0.5) is 5.69 Å². The Kier molecular flexibility index (Phi) is 4.53. The van der Waals surface area contributed by atoms with E-state index < -0.39 is 5.97 Å². The minimum absolute atomic E-state index is 0.108. The van der Waals surface area contributed by atoms with Crippen molar-refractivity contribution in [1.29, 1.82) is 0 Å². The summed E-state index contributed by atoms with van der Waals surface area (Å²) in [4.78, 5) is 22.0. The molecule has 0 heterocycles. The largest absolute Gasteiger partial charge is 0.478 e. The summed E-state index contributed by atoms with van der Waals surface area (Å²) in [6.07, 6.45) is 0. The number of rotatable bonds is 4. The zero-order chi connectivity index (χ0) is 14.5. The van der Waals surface area contributed by atoms with Crippen molar-refractivity contribution in [1.82, 2.24) is 0 Å². The van der Waals surface area contributed by atoms with Crippen molar-refractivity contribution in [2.24, 2.45) is 0 Å². The van der Waals surface area contributed by atoms with E-state index in [1.165, 1.54) is 0 Å². The van der Waals surface area contributed by atoms with E-state index in [0.29, 0.717) is 0 Å². The Labute approximate surface area is 124 Å². The van der Waals surface area contributed by atoms with Gasteiger partial charge in [-0.2, -0.15) is 0 Å². The average molecular weight is 334 g/mol. The van der Waals surface area contributed by atoms with Crippen LogP contribution in [0.5, 0.6) is 0 Å². The van der Waals surface area contributed by atoms with Crippen LogP contribution in [0.2, 0.25) is 0 Å². The minimum atomic E-state index is -0.940. The number of carboxylic acids is 1. The van der Waals surface area contributed by atoms with E-state index in [1.807, 2.05) is 12.1 Å². The van der Waals surface area contributed by atoms with Crippen molar-refractivity contribution in [3.05, 3.63) is 54.1 Å². The number of hydrogen-bond donors (Lipinski definition) is 2. The summed E-state index contributed by atoms with van der Waals surface area (Å²) >= 11 is 3.08. The fourth-order valence-electron chi connectivity index (χ4n) is 1.75. The number of carboxylic acid groups (broad SMARTS) is 1. The van der Waals surface area contributed by atoms with Crippen LogP contribution in [-0.2, 0) is 4.79 Å². The maximum absolute atomic E-state index is 11.2. The molecule has 0 saturated carbocycles. The van der Waals surface area contributed by atoms with E-state index in [1.54, 1.807) is 36.4 Å². The fourth-order valence-corrected chi connectivity index (χ4v) is 1.89. The first-order valence-corrected chi connectivity index (χ1v) is 7.02. The molecule has 0 aromatic heterocycles. The van der Waals surface area contributed by atoms with Crippen molar-refractivity contribution < 1.29 is 14.7 Å². The van der Waals surface area contributed by atoms with Gasteiger partial charge >= 0.3 is 5.97 Å². The molecule has 0 aliphatic rings. The summed E-state index contributed by atoms with van der Waals surface area (Å²) in [5.41, 5.74) is 2.86. The van der Waals surface area contributed by atoms with Gasteiger partial charge in [0.1, 0.15) is 0 Å². The van der Waals surface area contributed by atoms with Gasteiger partial charge in [-0.05, 0) is 35.4 Å². The third-order valence-corrected chi connectivity index (χ3v) is 3.26. The molecule has 102 valence electrons. The number of anilines is 1. The van der Waals surface area contributed by atoms with Crippen LogP contribution in [0.25, 0.3) is 11.1 Å². The molecule has 4 nitrogen and oxygen atoms in total. The van der Waals surface area contributed by atoms with Crippen LogP contribution in [-0.4, -0.2) is 22.3 Å². The molecule has 0 fully saturated rings. The molecule has 1 amide bonds. The summed E-state index contributed by atoms with van der Waals surface area (Å²) in [5, 5.41) is 11.8. The molecular weight excluding hydrogens is 322 g/mol. The van der Waals surface area contributed by atoms with E-state index in [2.05, 4.69) is 21.2 Å². The monoisotopic (exact) mass is 333 g/mol. The molecule has 2 aromatic carbocycles. The van der Waals surface area contributed by atoms with Crippen molar-refractivity contribution in [2.45, 2.75) is 0 Å². The molecule has 0 aliphatic carbocycles. The number of amides is 1. The molecule has 0 unspecified atom stereocenters. The standard InChI is InChI=1S/C15H12BrNO3/c16-9-14(18)17-13-7-5-11(6-8-13)10-1-3-12(4-2-10)15(19)20/h1-8H,9H2,(H,17,18)(H,19,20). The van der Waals surface area contributed by atoms with Gasteiger partial charge in [-0.25, -0.2) is 4.79 Å². The first kappa shape index (κ1) is 14.3. The number of alkyl halides is 1. The summed E-state index contributed by atoms with van der Waals surface area (Å²) in [7, 11) is 0. The molecule has 0 atom stereocenters. The van der Waals surface area contributed by atoms with Gasteiger partial charge in [0.25, 0.3) is 0 Å². The van der Waals surface area contributed by atoms with E-state index in [-0.39, 0.29) is 16.8 Å². The van der Waals surface area contributed by atoms with Crippen LogP contribution < -0.4 is 5.32 Å². The summed E-state index contributed by atoms with van der Waals surface area (Å²) in [5.74, 6) is -1.05. The smallest absolute Gasteiger partial charge is 0.335 e. The number of carbonyl (C=O) groups excluding carboxylic acids is 1. The normalized spacial score (nSPS) is 10.1. The van der Waals surface area contributed by atoms with E-state index in [0.717, 1.165) is 16.8 Å². The lowest BCUT2D eigenvalue weighted by atomic mass is 10.0. The van der Waals surface area contributed by atoms with Crippen LogP contribution in [0, 0.1) is 0 Å². The molecule has 2 N–H and O–H groups in total. The Morgan fingerprint density at radius 3 is 1.90 bits per heavy atom. The van der Waals surface area contributed by atoms with Crippen LogP contribution in [0.1, 0.15) is 10.4 Å². The topological polar surface area (TPSA) is 66.4 Å². The van der Waals surface area contributed by atoms with Crippen molar-refractivity contribution >= 4 is 33.5 Å². The highest BCUT2D eigenvalue weighted by molar-refractivity contribution is 9.09. The number of nitrogens with one attached hydrogen (secondary N) is 1. The molecular formula is C15H12BrNO3. The zero-order valence-corrected chi connectivity index (χ0v) is 12.1. The summed E-state index contributed by atoms with van der Waals surface area (Å²) < 4.78 is 0. The first-order valence-electron chi connectivity index (χ1n) is 5.90. The van der Waals surface area contributed by atoms with Crippen molar-refractivity contribution in [2.75, 3.05) is 10.6 Å². The van der Waals surface area contributed by atoms with Gasteiger partial charge in [-0.3, -0.25) is 4.79 Å². The quantitative estimate of drug-likeness (QED) is 0.843. The molecule has 0 aliphatic heterocycles. The highest BCUT2D eigenvalue weighted by Gasteiger charge is 2.04. The van der Waals surface area contributed by atoms with Gasteiger partial charge in [-0.1, -0.05) is 40.2 Å². The maximum Gasteiger partial charge on any atom is 0.335 e. The molecule has 0 radical (unpaired) electrons. The van der Waals surface area contributed by atoms with Crippen molar-refractivity contribution in [3.63, 3.8) is 0 Å². The average Bonchev–Trinajstić information content (AvgIpc) is 2.48. The predicted molar refractivity (Wildman–Crippen MR) is 81.3 cm³/mol. The Morgan fingerprint density at radius 2 is 1.45 bits per heavy atom. The molecule has 2 aromatic rings. The molecule has 0 saturated heterocycles.